The largest absolute Gasteiger partial charge is 0.497 e. The minimum Gasteiger partial charge on any atom is -0.497 e. The van der Waals surface area contributed by atoms with Gasteiger partial charge in [-0.15, -0.1) is 0 Å². The molecule has 1 atom stereocenters. The number of nitrogens with zero attached hydrogens (tertiary/aromatic N) is 1. The number of aliphatic carboxylic acids is 1. The second-order valence-corrected chi connectivity index (χ2v) is 4.72. The smallest absolute Gasteiger partial charge is 0.307 e. The third-order valence-corrected chi connectivity index (χ3v) is 3.50. The van der Waals surface area contributed by atoms with Crippen molar-refractivity contribution in [1.29, 1.82) is 0 Å². The summed E-state index contributed by atoms with van der Waals surface area (Å²) in [6, 6.07) is 8.03. The van der Waals surface area contributed by atoms with Crippen LogP contribution in [0.15, 0.2) is 24.3 Å². The Morgan fingerprint density at radius 1 is 1.44 bits per heavy atom. The van der Waals surface area contributed by atoms with Crippen LogP contribution >= 0.6 is 0 Å². The number of ether oxygens (including phenoxy) is 1. The van der Waals surface area contributed by atoms with Crippen molar-refractivity contribution in [2.45, 2.75) is 12.8 Å². The van der Waals surface area contributed by atoms with Gasteiger partial charge >= 0.3 is 5.97 Å². The lowest BCUT2D eigenvalue weighted by molar-refractivity contribution is -0.141. The molecule has 1 aromatic carbocycles. The lowest BCUT2D eigenvalue weighted by atomic mass is 10.1. The van der Waals surface area contributed by atoms with E-state index in [1.165, 1.54) is 5.56 Å². The number of rotatable bonds is 5. The van der Waals surface area contributed by atoms with Crippen molar-refractivity contribution >= 4 is 5.97 Å². The third-order valence-electron chi connectivity index (χ3n) is 3.50. The minimum atomic E-state index is -0.665. The minimum absolute atomic E-state index is 0.180. The zero-order valence-corrected chi connectivity index (χ0v) is 10.6. The van der Waals surface area contributed by atoms with Gasteiger partial charge in [-0.25, -0.2) is 0 Å². The molecule has 0 saturated carbocycles. The van der Waals surface area contributed by atoms with Gasteiger partial charge in [0.1, 0.15) is 5.75 Å². The van der Waals surface area contributed by atoms with Crippen molar-refractivity contribution in [3.8, 4) is 5.75 Å². The van der Waals surface area contributed by atoms with Crippen LogP contribution in [0.2, 0.25) is 0 Å². The molecule has 4 heteroatoms. The van der Waals surface area contributed by atoms with Crippen molar-refractivity contribution in [2.75, 3.05) is 26.7 Å². The molecule has 0 aromatic heterocycles. The maximum Gasteiger partial charge on any atom is 0.307 e. The second kappa shape index (κ2) is 5.87. The molecule has 0 amide bonds. The quantitative estimate of drug-likeness (QED) is 0.862. The molecule has 1 fully saturated rings. The highest BCUT2D eigenvalue weighted by atomic mass is 16.5. The van der Waals surface area contributed by atoms with E-state index in [2.05, 4.69) is 17.0 Å². The standard InChI is InChI=1S/C14H19NO3/c1-18-13-4-2-11(3-5-13)6-8-15-9-7-12(10-15)14(16)17/h2-5,12H,6-10H2,1H3,(H,16,17)/t12-/m0/s1. The topological polar surface area (TPSA) is 49.8 Å². The van der Waals surface area contributed by atoms with Gasteiger partial charge < -0.3 is 14.7 Å². The Morgan fingerprint density at radius 3 is 2.72 bits per heavy atom. The molecule has 1 saturated heterocycles. The molecule has 1 aliphatic rings. The van der Waals surface area contributed by atoms with E-state index in [0.29, 0.717) is 6.54 Å². The first-order valence-electron chi connectivity index (χ1n) is 6.27. The molecule has 0 bridgehead atoms. The van der Waals surface area contributed by atoms with Gasteiger partial charge in [-0.3, -0.25) is 4.79 Å². The Balaban J connectivity index is 1.79. The summed E-state index contributed by atoms with van der Waals surface area (Å²) in [5, 5.41) is 8.93. The van der Waals surface area contributed by atoms with Gasteiger partial charge in [0.05, 0.1) is 13.0 Å². The van der Waals surface area contributed by atoms with E-state index in [9.17, 15) is 4.79 Å². The third kappa shape index (κ3) is 3.23. The Bertz CT molecular complexity index is 402. The predicted octanol–water partition coefficient (Wildman–Crippen LogP) is 1.64. The molecule has 1 aromatic rings. The van der Waals surface area contributed by atoms with Crippen LogP contribution in [-0.2, 0) is 11.2 Å². The Labute approximate surface area is 107 Å². The van der Waals surface area contributed by atoms with E-state index in [4.69, 9.17) is 9.84 Å². The van der Waals surface area contributed by atoms with E-state index in [1.807, 2.05) is 12.1 Å². The molecule has 2 rings (SSSR count). The van der Waals surface area contributed by atoms with Crippen molar-refractivity contribution in [3.63, 3.8) is 0 Å². The van der Waals surface area contributed by atoms with Crippen LogP contribution < -0.4 is 4.74 Å². The summed E-state index contributed by atoms with van der Waals surface area (Å²) in [4.78, 5) is 13.1. The lowest BCUT2D eigenvalue weighted by Gasteiger charge is -2.15. The van der Waals surface area contributed by atoms with Crippen molar-refractivity contribution in [1.82, 2.24) is 4.90 Å². The van der Waals surface area contributed by atoms with E-state index >= 15 is 0 Å². The monoisotopic (exact) mass is 249 g/mol. The van der Waals surface area contributed by atoms with Crippen LogP contribution in [0.3, 0.4) is 0 Å². The second-order valence-electron chi connectivity index (χ2n) is 4.72. The SMILES string of the molecule is COc1ccc(CCN2CC[C@H](C(=O)O)C2)cc1. The first-order valence-corrected chi connectivity index (χ1v) is 6.27. The fourth-order valence-corrected chi connectivity index (χ4v) is 2.32. The molecule has 18 heavy (non-hydrogen) atoms. The number of carbonyl (C=O) groups is 1. The van der Waals surface area contributed by atoms with E-state index in [0.717, 1.165) is 31.7 Å². The van der Waals surface area contributed by atoms with E-state index in [1.54, 1.807) is 7.11 Å². The molecular formula is C14H19NO3. The first kappa shape index (κ1) is 12.9. The summed E-state index contributed by atoms with van der Waals surface area (Å²) in [7, 11) is 1.66. The molecule has 1 aliphatic heterocycles. The molecule has 0 unspecified atom stereocenters. The van der Waals surface area contributed by atoms with Crippen molar-refractivity contribution < 1.29 is 14.6 Å². The Morgan fingerprint density at radius 2 is 2.17 bits per heavy atom. The fraction of sp³-hybridized carbons (Fsp3) is 0.500. The summed E-state index contributed by atoms with van der Waals surface area (Å²) in [5.41, 5.74) is 1.26. The van der Waals surface area contributed by atoms with Crippen LogP contribution in [0.25, 0.3) is 0 Å². The summed E-state index contributed by atoms with van der Waals surface area (Å²) < 4.78 is 5.11. The van der Waals surface area contributed by atoms with Crippen LogP contribution in [-0.4, -0.2) is 42.7 Å². The maximum absolute atomic E-state index is 10.9. The van der Waals surface area contributed by atoms with Crippen LogP contribution in [0.5, 0.6) is 5.75 Å². The molecule has 0 radical (unpaired) electrons. The number of likely N-dealkylation sites (tertiary alicyclic amines) is 1. The predicted molar refractivity (Wildman–Crippen MR) is 68.9 cm³/mol. The first-order chi connectivity index (χ1) is 8.69. The number of carboxylic acid groups (broad SMARTS) is 1. The molecule has 0 aliphatic carbocycles. The normalized spacial score (nSPS) is 19.9. The van der Waals surface area contributed by atoms with Crippen LogP contribution in [0, 0.1) is 5.92 Å². The molecule has 1 N–H and O–H groups in total. The average Bonchev–Trinajstić information content (AvgIpc) is 2.86. The summed E-state index contributed by atoms with van der Waals surface area (Å²) >= 11 is 0. The van der Waals surface area contributed by atoms with Crippen LogP contribution in [0.1, 0.15) is 12.0 Å². The lowest BCUT2D eigenvalue weighted by Crippen LogP contribution is -2.25. The number of benzene rings is 1. The van der Waals surface area contributed by atoms with Crippen molar-refractivity contribution in [2.24, 2.45) is 5.92 Å². The van der Waals surface area contributed by atoms with Gasteiger partial charge in [0.2, 0.25) is 0 Å². The van der Waals surface area contributed by atoms with Crippen molar-refractivity contribution in [3.05, 3.63) is 29.8 Å². The van der Waals surface area contributed by atoms with Gasteiger partial charge in [-0.2, -0.15) is 0 Å². The fourth-order valence-electron chi connectivity index (χ4n) is 2.32. The van der Waals surface area contributed by atoms with Gasteiger partial charge in [-0.1, -0.05) is 12.1 Å². The van der Waals surface area contributed by atoms with E-state index < -0.39 is 5.97 Å². The highest BCUT2D eigenvalue weighted by Crippen LogP contribution is 2.17. The molecular weight excluding hydrogens is 230 g/mol. The van der Waals surface area contributed by atoms with Gasteiger partial charge in [0.25, 0.3) is 0 Å². The van der Waals surface area contributed by atoms with Crippen LogP contribution in [0.4, 0.5) is 0 Å². The molecule has 0 spiro atoms. The van der Waals surface area contributed by atoms with E-state index in [-0.39, 0.29) is 5.92 Å². The zero-order chi connectivity index (χ0) is 13.0. The number of hydrogen-bond donors (Lipinski definition) is 1. The maximum atomic E-state index is 10.9. The van der Waals surface area contributed by atoms with Gasteiger partial charge in [0.15, 0.2) is 0 Å². The number of hydrogen-bond acceptors (Lipinski definition) is 3. The average molecular weight is 249 g/mol. The van der Waals surface area contributed by atoms with Gasteiger partial charge in [0, 0.05) is 13.1 Å². The summed E-state index contributed by atoms with van der Waals surface area (Å²) in [5.74, 6) is 0.0219. The Kier molecular flexibility index (Phi) is 4.20. The Hall–Kier alpha value is -1.55. The highest BCUT2D eigenvalue weighted by molar-refractivity contribution is 5.70. The summed E-state index contributed by atoms with van der Waals surface area (Å²) in [6.07, 6.45) is 1.73. The number of methoxy groups -OCH3 is 1. The highest BCUT2D eigenvalue weighted by Gasteiger charge is 2.27. The zero-order valence-electron chi connectivity index (χ0n) is 10.6. The van der Waals surface area contributed by atoms with Gasteiger partial charge in [-0.05, 0) is 37.1 Å². The molecule has 1 heterocycles. The molecule has 4 nitrogen and oxygen atoms in total. The molecule has 98 valence electrons. The number of carboxylic acids is 1. The summed E-state index contributed by atoms with van der Waals surface area (Å²) in [6.45, 7) is 2.51.